The van der Waals surface area contributed by atoms with Gasteiger partial charge in [-0.3, -0.25) is 0 Å². The van der Waals surface area contributed by atoms with E-state index in [1.54, 1.807) is 20.8 Å². The minimum absolute atomic E-state index is 0. The fourth-order valence-corrected chi connectivity index (χ4v) is 2.62. The van der Waals surface area contributed by atoms with Crippen LogP contribution >= 0.6 is 0 Å². The number of carbonyl (C=O) groups excluding carboxylic acids is 2. The van der Waals surface area contributed by atoms with Gasteiger partial charge in [0.1, 0.15) is 0 Å². The average Bonchev–Trinajstić information content (AvgIpc) is 2.30. The van der Waals surface area contributed by atoms with Crippen molar-refractivity contribution in [3.05, 3.63) is 0 Å². The van der Waals surface area contributed by atoms with Crippen molar-refractivity contribution in [2.24, 2.45) is 10.8 Å². The van der Waals surface area contributed by atoms with Gasteiger partial charge in [-0.05, 0) is 11.8 Å². The van der Waals surface area contributed by atoms with Gasteiger partial charge < -0.3 is 19.8 Å². The number of hydrogen-bond acceptors (Lipinski definition) is 4. The summed E-state index contributed by atoms with van der Waals surface area (Å²) in [6.07, 6.45) is 7.21. The third-order valence-electron chi connectivity index (χ3n) is 4.13. The van der Waals surface area contributed by atoms with Crippen molar-refractivity contribution in [1.82, 2.24) is 0 Å². The third-order valence-corrected chi connectivity index (χ3v) is 4.13. The van der Waals surface area contributed by atoms with Crippen LogP contribution < -0.4 is 113 Å². The van der Waals surface area contributed by atoms with E-state index in [0.717, 1.165) is 19.3 Å². The van der Waals surface area contributed by atoms with Crippen molar-refractivity contribution in [2.45, 2.75) is 79.1 Å². The molecule has 0 rings (SSSR count). The molecule has 22 heavy (non-hydrogen) atoms. The summed E-state index contributed by atoms with van der Waals surface area (Å²) in [7, 11) is 0. The molecule has 0 unspecified atom stereocenters. The van der Waals surface area contributed by atoms with Gasteiger partial charge in [-0.2, -0.15) is 0 Å². The van der Waals surface area contributed by atoms with Gasteiger partial charge in [0, 0.05) is 0 Å². The topological polar surface area (TPSA) is 80.3 Å². The quantitative estimate of drug-likeness (QED) is 0.224. The summed E-state index contributed by atoms with van der Waals surface area (Å²) < 4.78 is 0. The van der Waals surface area contributed by atoms with E-state index in [9.17, 15) is 19.8 Å². The Morgan fingerprint density at radius 2 is 1.14 bits per heavy atom. The normalized spacial score (nSPS) is 11.3. The zero-order valence-corrected chi connectivity index (χ0v) is 21.5. The predicted octanol–water partition coefficient (Wildman–Crippen LogP) is -4.33. The Hall–Kier alpha value is 2.21. The van der Waals surface area contributed by atoms with Crippen LogP contribution in [-0.2, 0) is 9.59 Å². The second-order valence-corrected chi connectivity index (χ2v) is 6.60. The van der Waals surface area contributed by atoms with Crippen LogP contribution in [0, 0.1) is 10.8 Å². The molecule has 0 fully saturated rings. The van der Waals surface area contributed by atoms with E-state index >= 15 is 0 Å². The van der Waals surface area contributed by atoms with E-state index in [-0.39, 0.29) is 109 Å². The van der Waals surface area contributed by atoms with Crippen molar-refractivity contribution in [3.63, 3.8) is 0 Å². The Morgan fingerprint density at radius 1 is 0.773 bits per heavy atom. The Labute approximate surface area is 220 Å². The van der Waals surface area contributed by atoms with Crippen molar-refractivity contribution >= 4 is 11.9 Å². The third kappa shape index (κ3) is 9.06. The molecule has 0 atom stereocenters. The fraction of sp³-hybridized carbons (Fsp3) is 0.875. The molecule has 118 valence electrons. The van der Waals surface area contributed by atoms with Crippen molar-refractivity contribution in [2.75, 3.05) is 0 Å². The molecule has 0 aliphatic carbocycles. The molecule has 0 aliphatic rings. The Bertz CT molecular complexity index is 311. The molecule has 0 aromatic rings. The monoisotopic (exact) mass is 362 g/mol. The number of hydrogen-bond donors (Lipinski definition) is 0. The summed E-state index contributed by atoms with van der Waals surface area (Å²) in [5.41, 5.74) is -2.83. The molecule has 0 spiro atoms. The molecule has 6 heteroatoms. The molecule has 0 bridgehead atoms. The van der Waals surface area contributed by atoms with Crippen LogP contribution in [0.15, 0.2) is 0 Å². The maximum atomic E-state index is 11.4. The first-order chi connectivity index (χ1) is 9.20. The largest absolute Gasteiger partial charge is 1.00 e. The van der Waals surface area contributed by atoms with Gasteiger partial charge in [0.25, 0.3) is 0 Å². The van der Waals surface area contributed by atoms with Crippen LogP contribution in [0.1, 0.15) is 79.1 Å². The van der Waals surface area contributed by atoms with Crippen LogP contribution in [0.25, 0.3) is 0 Å². The smallest absolute Gasteiger partial charge is 0.549 e. The molecule has 0 aromatic heterocycles. The molecule has 0 radical (unpaired) electrons. The number of carbonyl (C=O) groups is 2. The number of unbranched alkanes of at least 4 members (excludes halogenated alkanes) is 6. The predicted molar refractivity (Wildman–Crippen MR) is 74.5 cm³/mol. The first-order valence-electron chi connectivity index (χ1n) is 7.63. The maximum Gasteiger partial charge on any atom is 1.00 e. The minimum atomic E-state index is -1.91. The molecule has 0 saturated carbocycles. The van der Waals surface area contributed by atoms with Gasteiger partial charge >= 0.3 is 103 Å². The van der Waals surface area contributed by atoms with E-state index in [4.69, 9.17) is 0 Å². The van der Waals surface area contributed by atoms with Crippen molar-refractivity contribution in [3.8, 4) is 0 Å². The zero-order chi connectivity index (χ0) is 15.8. The van der Waals surface area contributed by atoms with E-state index in [0.29, 0.717) is 6.42 Å². The van der Waals surface area contributed by atoms with Gasteiger partial charge in [-0.15, -0.1) is 0 Å². The van der Waals surface area contributed by atoms with E-state index in [2.05, 4.69) is 6.92 Å². The van der Waals surface area contributed by atoms with Crippen LogP contribution in [-0.4, -0.2) is 11.9 Å². The Kier molecular flexibility index (Phi) is 19.0. The van der Waals surface area contributed by atoms with Gasteiger partial charge in [0.05, 0.1) is 17.4 Å². The summed E-state index contributed by atoms with van der Waals surface area (Å²) in [6.45, 7) is 6.98. The second-order valence-electron chi connectivity index (χ2n) is 6.60. The first-order valence-corrected chi connectivity index (χ1v) is 7.63. The second kappa shape index (κ2) is 14.4. The Morgan fingerprint density at radius 3 is 1.45 bits per heavy atom. The number of aliphatic carboxylic acids is 2. The molecule has 0 aliphatic heterocycles. The zero-order valence-electron chi connectivity index (χ0n) is 15.3. The molecule has 0 heterocycles. The summed E-state index contributed by atoms with van der Waals surface area (Å²) in [4.78, 5) is 22.8. The number of carboxylic acid groups (broad SMARTS) is 2. The average molecular weight is 363 g/mol. The van der Waals surface area contributed by atoms with Crippen molar-refractivity contribution < 1.29 is 123 Å². The summed E-state index contributed by atoms with van der Waals surface area (Å²) in [5, 5.41) is 22.8. The van der Waals surface area contributed by atoms with Gasteiger partial charge in [-0.1, -0.05) is 72.6 Å². The number of rotatable bonds is 10. The Balaban J connectivity index is -0.00000180. The van der Waals surface area contributed by atoms with Crippen molar-refractivity contribution in [1.29, 1.82) is 0 Å². The summed E-state index contributed by atoms with van der Waals surface area (Å²) >= 11 is 0. The molecule has 0 saturated heterocycles. The first kappa shape index (κ1) is 29.0. The van der Waals surface area contributed by atoms with E-state index in [1.807, 2.05) is 0 Å². The number of carboxylic acids is 2. The van der Waals surface area contributed by atoms with Crippen LogP contribution in [0.4, 0.5) is 0 Å². The molecule has 0 amide bonds. The maximum absolute atomic E-state index is 11.4. The molecule has 0 aromatic carbocycles. The molecular formula is C16H28K2O4. The van der Waals surface area contributed by atoms with Crippen LogP contribution in [0.2, 0.25) is 0 Å². The van der Waals surface area contributed by atoms with Gasteiger partial charge in [0.15, 0.2) is 0 Å². The fourth-order valence-electron chi connectivity index (χ4n) is 2.62. The van der Waals surface area contributed by atoms with Crippen LogP contribution in [0.5, 0.6) is 0 Å². The van der Waals surface area contributed by atoms with Gasteiger partial charge in [-0.25, -0.2) is 0 Å². The van der Waals surface area contributed by atoms with E-state index in [1.165, 1.54) is 19.3 Å². The van der Waals surface area contributed by atoms with Crippen LogP contribution in [0.3, 0.4) is 0 Å². The molecule has 0 N–H and O–H groups in total. The molecule has 4 nitrogen and oxygen atoms in total. The summed E-state index contributed by atoms with van der Waals surface area (Å²) in [5.74, 6) is -3.06. The van der Waals surface area contributed by atoms with E-state index < -0.39 is 22.8 Å². The standard InChI is InChI=1S/C16H30O4.2K/c1-5-6-7-8-9-10-11-12-16(13(17)18,14(19)20)15(2,3)4;;/h5-12H2,1-4H3,(H,17,18)(H,19,20);;/q;2*+1/p-2. The SMILES string of the molecule is CCCCCCCCCC(C(=O)[O-])(C(=O)[O-])C(C)(C)C.[K+].[K+]. The minimum Gasteiger partial charge on any atom is -0.549 e. The van der Waals surface area contributed by atoms with Gasteiger partial charge in [0.2, 0.25) is 0 Å². The summed E-state index contributed by atoms with van der Waals surface area (Å²) in [6, 6.07) is 0. The molecular weight excluding hydrogens is 334 g/mol.